The maximum Gasteiger partial charge on any atom is 0.573 e. The van der Waals surface area contributed by atoms with Gasteiger partial charge in [0, 0.05) is 25.3 Å². The zero-order chi connectivity index (χ0) is 19.7. The van der Waals surface area contributed by atoms with Gasteiger partial charge >= 0.3 is 12.4 Å². The van der Waals surface area contributed by atoms with Gasteiger partial charge in [-0.15, -0.1) is 13.2 Å². The molecule has 0 atom stereocenters. The van der Waals surface area contributed by atoms with Crippen LogP contribution >= 0.6 is 0 Å². The van der Waals surface area contributed by atoms with E-state index in [0.29, 0.717) is 44.6 Å². The van der Waals surface area contributed by atoms with Crippen LogP contribution in [-0.2, 0) is 9.63 Å². The van der Waals surface area contributed by atoms with Crippen molar-refractivity contribution in [3.8, 4) is 5.75 Å². The fourth-order valence-electron chi connectivity index (χ4n) is 3.25. The molecule has 2 heterocycles. The van der Waals surface area contributed by atoms with Gasteiger partial charge in [0.05, 0.1) is 6.42 Å². The lowest BCUT2D eigenvalue weighted by Gasteiger charge is -2.37. The molecule has 148 valence electrons. The summed E-state index contributed by atoms with van der Waals surface area (Å²) in [4.78, 5) is 31.6. The van der Waals surface area contributed by atoms with E-state index in [9.17, 15) is 22.8 Å². The van der Waals surface area contributed by atoms with E-state index in [1.165, 1.54) is 17.2 Å². The van der Waals surface area contributed by atoms with E-state index in [1.54, 1.807) is 4.90 Å². The van der Waals surface area contributed by atoms with Crippen LogP contribution in [0.1, 0.15) is 26.2 Å². The summed E-state index contributed by atoms with van der Waals surface area (Å²) in [6, 6.07) is 4.58. The van der Waals surface area contributed by atoms with Gasteiger partial charge in [0.15, 0.2) is 0 Å². The molecule has 0 radical (unpaired) electrons. The SMILES string of the molecule is CCN1OC2(CCN(C(=O)Nc3ccc(OC(F)(F)F)cc3)CC2)CC1=O. The Morgan fingerprint density at radius 2 is 1.89 bits per heavy atom. The van der Waals surface area contributed by atoms with Gasteiger partial charge in [-0.1, -0.05) is 0 Å². The number of hydroxylamine groups is 2. The van der Waals surface area contributed by atoms with E-state index in [-0.39, 0.29) is 17.7 Å². The molecular formula is C17H20F3N3O4. The summed E-state index contributed by atoms with van der Waals surface area (Å²) in [7, 11) is 0. The number of halogens is 3. The first-order valence-electron chi connectivity index (χ1n) is 8.61. The minimum atomic E-state index is -4.76. The minimum Gasteiger partial charge on any atom is -0.406 e. The number of piperidine rings is 1. The second-order valence-electron chi connectivity index (χ2n) is 6.53. The highest BCUT2D eigenvalue weighted by Crippen LogP contribution is 2.36. The number of anilines is 1. The molecule has 2 fully saturated rings. The summed E-state index contributed by atoms with van der Waals surface area (Å²) in [5.41, 5.74) is -0.181. The van der Waals surface area contributed by atoms with Crippen LogP contribution in [0.15, 0.2) is 24.3 Å². The molecule has 0 unspecified atom stereocenters. The van der Waals surface area contributed by atoms with Gasteiger partial charge < -0.3 is 15.0 Å². The number of hydrogen-bond acceptors (Lipinski definition) is 4. The molecular weight excluding hydrogens is 367 g/mol. The lowest BCUT2D eigenvalue weighted by molar-refractivity contribution is -0.274. The van der Waals surface area contributed by atoms with Gasteiger partial charge in [-0.3, -0.25) is 9.63 Å². The number of nitrogens with zero attached hydrogens (tertiary/aromatic N) is 2. The quantitative estimate of drug-likeness (QED) is 0.865. The van der Waals surface area contributed by atoms with E-state index < -0.39 is 12.0 Å². The van der Waals surface area contributed by atoms with Crippen molar-refractivity contribution in [2.24, 2.45) is 0 Å². The van der Waals surface area contributed by atoms with Crippen LogP contribution in [0.2, 0.25) is 0 Å². The average molecular weight is 387 g/mol. The summed E-state index contributed by atoms with van der Waals surface area (Å²) in [5, 5.41) is 4.00. The van der Waals surface area contributed by atoms with Crippen molar-refractivity contribution >= 4 is 17.6 Å². The Kier molecular flexibility index (Phi) is 5.18. The first-order chi connectivity index (χ1) is 12.7. The number of hydrogen-bond donors (Lipinski definition) is 1. The molecule has 2 aliphatic rings. The predicted octanol–water partition coefficient (Wildman–Crippen LogP) is 3.14. The van der Waals surface area contributed by atoms with Crippen LogP contribution in [0.25, 0.3) is 0 Å². The monoisotopic (exact) mass is 387 g/mol. The standard InChI is InChI=1S/C17H20F3N3O4/c1-2-23-14(24)11-16(27-23)7-9-22(10-8-16)15(25)21-12-3-5-13(6-4-12)26-17(18,19)20/h3-6H,2,7-11H2,1H3,(H,21,25). The second-order valence-corrected chi connectivity index (χ2v) is 6.53. The molecule has 3 amide bonds. The summed E-state index contributed by atoms with van der Waals surface area (Å²) >= 11 is 0. The number of carbonyl (C=O) groups is 2. The van der Waals surface area contributed by atoms with Gasteiger partial charge in [0.1, 0.15) is 11.4 Å². The number of urea groups is 1. The minimum absolute atomic E-state index is 0.0448. The number of nitrogens with one attached hydrogen (secondary N) is 1. The Morgan fingerprint density at radius 1 is 1.26 bits per heavy atom. The van der Waals surface area contributed by atoms with Gasteiger partial charge in [0.25, 0.3) is 0 Å². The molecule has 1 N–H and O–H groups in total. The fourth-order valence-corrected chi connectivity index (χ4v) is 3.25. The number of benzene rings is 1. The highest BCUT2D eigenvalue weighted by Gasteiger charge is 2.46. The number of alkyl halides is 3. The first kappa shape index (κ1) is 19.3. The van der Waals surface area contributed by atoms with Crippen molar-refractivity contribution in [1.82, 2.24) is 9.96 Å². The third kappa shape index (κ3) is 4.62. The van der Waals surface area contributed by atoms with Crippen molar-refractivity contribution in [1.29, 1.82) is 0 Å². The smallest absolute Gasteiger partial charge is 0.406 e. The van der Waals surface area contributed by atoms with E-state index >= 15 is 0 Å². The third-order valence-electron chi connectivity index (χ3n) is 4.64. The van der Waals surface area contributed by atoms with Crippen molar-refractivity contribution in [2.75, 3.05) is 25.0 Å². The molecule has 2 saturated heterocycles. The van der Waals surface area contributed by atoms with Crippen LogP contribution < -0.4 is 10.1 Å². The zero-order valence-electron chi connectivity index (χ0n) is 14.7. The topological polar surface area (TPSA) is 71.1 Å². The van der Waals surface area contributed by atoms with E-state index in [0.717, 1.165) is 12.1 Å². The summed E-state index contributed by atoms with van der Waals surface area (Å²) in [6.45, 7) is 3.17. The Hall–Kier alpha value is -2.49. The molecule has 2 aliphatic heterocycles. The maximum absolute atomic E-state index is 12.4. The largest absolute Gasteiger partial charge is 0.573 e. The second kappa shape index (κ2) is 7.26. The molecule has 0 aromatic heterocycles. The third-order valence-corrected chi connectivity index (χ3v) is 4.64. The molecule has 27 heavy (non-hydrogen) atoms. The maximum atomic E-state index is 12.4. The number of ether oxygens (including phenoxy) is 1. The highest BCUT2D eigenvalue weighted by atomic mass is 19.4. The lowest BCUT2D eigenvalue weighted by atomic mass is 9.89. The number of rotatable bonds is 3. The molecule has 7 nitrogen and oxygen atoms in total. The van der Waals surface area contributed by atoms with Crippen LogP contribution in [0.3, 0.4) is 0 Å². The summed E-state index contributed by atoms with van der Waals surface area (Å²) in [6.07, 6.45) is -3.36. The van der Waals surface area contributed by atoms with Crippen LogP contribution in [0, 0.1) is 0 Å². The van der Waals surface area contributed by atoms with E-state index in [4.69, 9.17) is 4.84 Å². The molecule has 0 aliphatic carbocycles. The van der Waals surface area contributed by atoms with Crippen molar-refractivity contribution in [2.45, 2.75) is 38.1 Å². The molecule has 1 aromatic carbocycles. The number of amides is 3. The highest BCUT2D eigenvalue weighted by molar-refractivity contribution is 5.89. The Bertz CT molecular complexity index is 700. The van der Waals surface area contributed by atoms with Crippen LogP contribution in [0.4, 0.5) is 23.7 Å². The van der Waals surface area contributed by atoms with Gasteiger partial charge in [0.2, 0.25) is 5.91 Å². The number of carbonyl (C=O) groups excluding carboxylic acids is 2. The Balaban J connectivity index is 1.52. The zero-order valence-corrected chi connectivity index (χ0v) is 14.7. The molecule has 3 rings (SSSR count). The lowest BCUT2D eigenvalue weighted by Crippen LogP contribution is -2.48. The summed E-state index contributed by atoms with van der Waals surface area (Å²) in [5.74, 6) is -0.402. The van der Waals surface area contributed by atoms with Gasteiger partial charge in [-0.05, 0) is 44.0 Å². The summed E-state index contributed by atoms with van der Waals surface area (Å²) < 4.78 is 40.3. The predicted molar refractivity (Wildman–Crippen MR) is 88.8 cm³/mol. The molecule has 0 bridgehead atoms. The fraction of sp³-hybridized carbons (Fsp3) is 0.529. The van der Waals surface area contributed by atoms with Crippen molar-refractivity contribution in [3.05, 3.63) is 24.3 Å². The van der Waals surface area contributed by atoms with E-state index in [1.807, 2.05) is 6.92 Å². The Morgan fingerprint density at radius 3 is 2.41 bits per heavy atom. The van der Waals surface area contributed by atoms with Gasteiger partial charge in [-0.25, -0.2) is 9.86 Å². The van der Waals surface area contributed by atoms with Crippen molar-refractivity contribution < 1.29 is 32.3 Å². The average Bonchev–Trinajstić information content (AvgIpc) is 2.91. The molecule has 1 aromatic rings. The first-order valence-corrected chi connectivity index (χ1v) is 8.61. The van der Waals surface area contributed by atoms with E-state index in [2.05, 4.69) is 10.1 Å². The Labute approximate surface area is 154 Å². The van der Waals surface area contributed by atoms with Crippen LogP contribution in [0.5, 0.6) is 5.75 Å². The molecule has 1 spiro atoms. The van der Waals surface area contributed by atoms with Crippen molar-refractivity contribution in [3.63, 3.8) is 0 Å². The van der Waals surface area contributed by atoms with Gasteiger partial charge in [-0.2, -0.15) is 0 Å². The molecule has 10 heteroatoms. The number of likely N-dealkylation sites (tertiary alicyclic amines) is 1. The van der Waals surface area contributed by atoms with Crippen LogP contribution in [-0.4, -0.2) is 53.5 Å². The normalized spacial score (nSPS) is 19.5. The molecule has 0 saturated carbocycles.